The van der Waals surface area contributed by atoms with Crippen molar-refractivity contribution in [1.82, 2.24) is 9.80 Å². The molecule has 0 radical (unpaired) electrons. The van der Waals surface area contributed by atoms with Gasteiger partial charge in [0.25, 0.3) is 0 Å². The number of hydrogen-bond donors (Lipinski definition) is 2. The SMILES string of the molecule is Cc1cccc(C)c1NC(=O)CN(C)CCCN(C)CCOC(=O)c1ccc(N)cc1. The molecule has 0 atom stereocenters. The van der Waals surface area contributed by atoms with Crippen LogP contribution >= 0.6 is 0 Å². The summed E-state index contributed by atoms with van der Waals surface area (Å²) in [6.07, 6.45) is 0.912. The summed E-state index contributed by atoms with van der Waals surface area (Å²) >= 11 is 0. The number of likely N-dealkylation sites (N-methyl/N-ethyl adjacent to an activating group) is 2. The van der Waals surface area contributed by atoms with Crippen molar-refractivity contribution in [3.8, 4) is 0 Å². The van der Waals surface area contributed by atoms with E-state index in [0.29, 0.717) is 30.9 Å². The third-order valence-corrected chi connectivity index (χ3v) is 5.09. The predicted molar refractivity (Wildman–Crippen MR) is 125 cm³/mol. The van der Waals surface area contributed by atoms with E-state index in [2.05, 4.69) is 10.2 Å². The number of ether oxygens (including phenoxy) is 1. The van der Waals surface area contributed by atoms with E-state index in [1.165, 1.54) is 0 Å². The molecule has 3 N–H and O–H groups in total. The maximum atomic E-state index is 12.3. The molecule has 0 unspecified atom stereocenters. The summed E-state index contributed by atoms with van der Waals surface area (Å²) < 4.78 is 5.31. The largest absolute Gasteiger partial charge is 0.461 e. The van der Waals surface area contributed by atoms with E-state index in [-0.39, 0.29) is 11.9 Å². The lowest BCUT2D eigenvalue weighted by atomic mass is 10.1. The maximum absolute atomic E-state index is 12.3. The number of esters is 1. The molecule has 7 heteroatoms. The first-order valence-electron chi connectivity index (χ1n) is 10.5. The van der Waals surface area contributed by atoms with Crippen LogP contribution < -0.4 is 11.1 Å². The van der Waals surface area contributed by atoms with Gasteiger partial charge in [0.1, 0.15) is 6.61 Å². The van der Waals surface area contributed by atoms with Crippen LogP contribution in [0.4, 0.5) is 11.4 Å². The van der Waals surface area contributed by atoms with Crippen molar-refractivity contribution in [3.63, 3.8) is 0 Å². The molecule has 168 valence electrons. The molecular formula is C24H34N4O3. The summed E-state index contributed by atoms with van der Waals surface area (Å²) in [5.41, 5.74) is 9.76. The number of nitrogens with two attached hydrogens (primary N) is 1. The highest BCUT2D eigenvalue weighted by Gasteiger charge is 2.11. The summed E-state index contributed by atoms with van der Waals surface area (Å²) in [4.78, 5) is 28.5. The molecule has 0 aliphatic rings. The van der Waals surface area contributed by atoms with Gasteiger partial charge in [-0.1, -0.05) is 18.2 Å². The number of anilines is 2. The number of rotatable bonds is 11. The highest BCUT2D eigenvalue weighted by Crippen LogP contribution is 2.19. The number of nitrogens with zero attached hydrogens (tertiary/aromatic N) is 2. The fraction of sp³-hybridized carbons (Fsp3) is 0.417. The van der Waals surface area contributed by atoms with E-state index in [1.807, 2.05) is 51.0 Å². The second-order valence-electron chi connectivity index (χ2n) is 7.97. The number of aryl methyl sites for hydroxylation is 2. The van der Waals surface area contributed by atoms with E-state index in [4.69, 9.17) is 10.5 Å². The zero-order valence-corrected chi connectivity index (χ0v) is 19.0. The quantitative estimate of drug-likeness (QED) is 0.424. The second kappa shape index (κ2) is 12.1. The first kappa shape index (κ1) is 24.4. The van der Waals surface area contributed by atoms with E-state index < -0.39 is 0 Å². The van der Waals surface area contributed by atoms with E-state index in [0.717, 1.165) is 36.3 Å². The summed E-state index contributed by atoms with van der Waals surface area (Å²) in [6.45, 7) is 6.96. The highest BCUT2D eigenvalue weighted by atomic mass is 16.5. The zero-order valence-electron chi connectivity index (χ0n) is 19.0. The number of carbonyl (C=O) groups is 2. The summed E-state index contributed by atoms with van der Waals surface area (Å²) in [6, 6.07) is 12.7. The van der Waals surface area contributed by atoms with Crippen LogP contribution in [-0.2, 0) is 9.53 Å². The molecule has 2 rings (SSSR count). The molecule has 2 aromatic carbocycles. The topological polar surface area (TPSA) is 87.9 Å². The number of amides is 1. The van der Waals surface area contributed by atoms with Crippen molar-refractivity contribution < 1.29 is 14.3 Å². The van der Waals surface area contributed by atoms with Gasteiger partial charge in [0.2, 0.25) is 5.91 Å². The average molecular weight is 427 g/mol. The van der Waals surface area contributed by atoms with Gasteiger partial charge in [-0.25, -0.2) is 4.79 Å². The minimum Gasteiger partial charge on any atom is -0.461 e. The van der Waals surface area contributed by atoms with Crippen LogP contribution in [0.15, 0.2) is 42.5 Å². The molecule has 0 aliphatic carbocycles. The molecule has 1 amide bonds. The molecule has 0 spiro atoms. The first-order valence-corrected chi connectivity index (χ1v) is 10.5. The summed E-state index contributed by atoms with van der Waals surface area (Å²) in [7, 11) is 3.93. The Hall–Kier alpha value is -2.90. The van der Waals surface area contributed by atoms with Gasteiger partial charge < -0.3 is 20.7 Å². The lowest BCUT2D eigenvalue weighted by Gasteiger charge is -2.20. The molecule has 0 bridgehead atoms. The molecule has 0 heterocycles. The number of nitrogen functional groups attached to an aromatic ring is 1. The Kier molecular flexibility index (Phi) is 9.49. The highest BCUT2D eigenvalue weighted by molar-refractivity contribution is 5.93. The van der Waals surface area contributed by atoms with Gasteiger partial charge in [0.05, 0.1) is 12.1 Å². The maximum Gasteiger partial charge on any atom is 0.338 e. The van der Waals surface area contributed by atoms with Gasteiger partial charge in [0.15, 0.2) is 0 Å². The van der Waals surface area contributed by atoms with Crippen LogP contribution in [0.1, 0.15) is 27.9 Å². The van der Waals surface area contributed by atoms with Crippen molar-refractivity contribution in [1.29, 1.82) is 0 Å². The van der Waals surface area contributed by atoms with Crippen molar-refractivity contribution in [2.24, 2.45) is 0 Å². The normalized spacial score (nSPS) is 11.0. The third-order valence-electron chi connectivity index (χ3n) is 5.09. The van der Waals surface area contributed by atoms with E-state index in [1.54, 1.807) is 24.3 Å². The number of nitrogens with one attached hydrogen (secondary N) is 1. The zero-order chi connectivity index (χ0) is 22.8. The number of hydrogen-bond acceptors (Lipinski definition) is 6. The molecule has 0 fully saturated rings. The standard InChI is InChI=1S/C24H34N4O3/c1-18-7-5-8-19(2)23(18)26-22(29)17-28(4)14-6-13-27(3)15-16-31-24(30)20-9-11-21(25)12-10-20/h5,7-12H,6,13-17,25H2,1-4H3,(H,26,29). The fourth-order valence-electron chi connectivity index (χ4n) is 3.23. The molecule has 0 aromatic heterocycles. The van der Waals surface area contributed by atoms with Crippen LogP contribution in [0.3, 0.4) is 0 Å². The minimum absolute atomic E-state index is 0.0113. The van der Waals surface area contributed by atoms with E-state index in [9.17, 15) is 9.59 Å². The Balaban J connectivity index is 1.61. The Labute approximate surface area is 185 Å². The van der Waals surface area contributed by atoms with Crippen LogP contribution in [0, 0.1) is 13.8 Å². The van der Waals surface area contributed by atoms with Gasteiger partial charge in [-0.3, -0.25) is 9.69 Å². The van der Waals surface area contributed by atoms with Crippen molar-refractivity contribution in [2.45, 2.75) is 20.3 Å². The minimum atomic E-state index is -0.344. The van der Waals surface area contributed by atoms with Crippen LogP contribution in [-0.4, -0.2) is 68.6 Å². The van der Waals surface area contributed by atoms with Gasteiger partial charge in [0, 0.05) is 17.9 Å². The van der Waals surface area contributed by atoms with Crippen LogP contribution in [0.2, 0.25) is 0 Å². The molecule has 2 aromatic rings. The lowest BCUT2D eigenvalue weighted by molar-refractivity contribution is -0.117. The molecule has 7 nitrogen and oxygen atoms in total. The van der Waals surface area contributed by atoms with E-state index >= 15 is 0 Å². The number of carbonyl (C=O) groups excluding carboxylic acids is 2. The molecule has 0 saturated heterocycles. The van der Waals surface area contributed by atoms with Crippen LogP contribution in [0.5, 0.6) is 0 Å². The number of para-hydroxylation sites is 1. The summed E-state index contributed by atoms with van der Waals surface area (Å²) in [5.74, 6) is -0.356. The van der Waals surface area contributed by atoms with Gasteiger partial charge in [-0.2, -0.15) is 0 Å². The molecule has 0 aliphatic heterocycles. The van der Waals surface area contributed by atoms with Crippen molar-refractivity contribution in [3.05, 3.63) is 59.2 Å². The Bertz CT molecular complexity index is 847. The first-order chi connectivity index (χ1) is 14.8. The Morgan fingerprint density at radius 2 is 1.55 bits per heavy atom. The third kappa shape index (κ3) is 8.39. The van der Waals surface area contributed by atoms with Gasteiger partial charge in [-0.05, 0) is 82.8 Å². The van der Waals surface area contributed by atoms with Crippen molar-refractivity contribution >= 4 is 23.3 Å². The smallest absolute Gasteiger partial charge is 0.338 e. The molecule has 0 saturated carbocycles. The average Bonchev–Trinajstić information content (AvgIpc) is 2.71. The monoisotopic (exact) mass is 426 g/mol. The second-order valence-corrected chi connectivity index (χ2v) is 7.97. The predicted octanol–water partition coefficient (Wildman–Crippen LogP) is 2.93. The Morgan fingerprint density at radius 1 is 0.935 bits per heavy atom. The lowest BCUT2D eigenvalue weighted by Crippen LogP contribution is -2.33. The molecular weight excluding hydrogens is 392 g/mol. The molecule has 31 heavy (non-hydrogen) atoms. The number of benzene rings is 2. The van der Waals surface area contributed by atoms with Gasteiger partial charge >= 0.3 is 5.97 Å². The fourth-order valence-corrected chi connectivity index (χ4v) is 3.23. The summed E-state index contributed by atoms with van der Waals surface area (Å²) in [5, 5.41) is 3.02. The van der Waals surface area contributed by atoms with Crippen LogP contribution in [0.25, 0.3) is 0 Å². The van der Waals surface area contributed by atoms with Crippen molar-refractivity contribution in [2.75, 3.05) is 57.9 Å². The van der Waals surface area contributed by atoms with Gasteiger partial charge in [-0.15, -0.1) is 0 Å². The Morgan fingerprint density at radius 3 is 2.19 bits per heavy atom.